The first-order chi connectivity index (χ1) is 12.5. The molecule has 0 spiro atoms. The number of hydrogen-bond acceptors (Lipinski definition) is 5. The minimum absolute atomic E-state index is 0.208. The number of rotatable bonds is 3. The Bertz CT molecular complexity index is 1110. The number of carbonyl (C=O) groups is 1. The number of aryl methyl sites for hydroxylation is 3. The molecule has 3 aromatic heterocycles. The van der Waals surface area contributed by atoms with Crippen LogP contribution in [0.1, 0.15) is 21.7 Å². The Labute approximate surface area is 154 Å². The summed E-state index contributed by atoms with van der Waals surface area (Å²) < 4.78 is 1.71. The molecule has 0 aliphatic rings. The fraction of sp³-hybridized carbons (Fsp3) is 0.158. The third-order valence-electron chi connectivity index (χ3n) is 4.12. The van der Waals surface area contributed by atoms with Gasteiger partial charge in [0.1, 0.15) is 0 Å². The average Bonchev–Trinajstić information content (AvgIpc) is 3.18. The van der Waals surface area contributed by atoms with Gasteiger partial charge in [0.2, 0.25) is 0 Å². The van der Waals surface area contributed by atoms with Crippen LogP contribution in [0, 0.1) is 13.8 Å². The molecule has 26 heavy (non-hydrogen) atoms. The second kappa shape index (κ2) is 6.34. The van der Waals surface area contributed by atoms with Gasteiger partial charge in [0.05, 0.1) is 28.0 Å². The van der Waals surface area contributed by atoms with Crippen molar-refractivity contribution in [1.82, 2.24) is 19.7 Å². The number of hydrogen-bond donors (Lipinski definition) is 1. The number of fused-ring (bicyclic) bond motifs is 1. The maximum absolute atomic E-state index is 13.0. The first-order valence-corrected chi connectivity index (χ1v) is 9.04. The van der Waals surface area contributed by atoms with Crippen molar-refractivity contribution in [3.05, 3.63) is 58.7 Å². The SMILES string of the molecule is Cc1csc(NC(=O)c2cc(-c3ccccc3)nc3c2c(C)nn3C)n1. The van der Waals surface area contributed by atoms with Gasteiger partial charge in [-0.3, -0.25) is 14.8 Å². The molecule has 1 N–H and O–H groups in total. The predicted molar refractivity (Wildman–Crippen MR) is 103 cm³/mol. The van der Waals surface area contributed by atoms with Crippen LogP contribution in [0.15, 0.2) is 41.8 Å². The molecular weight excluding hydrogens is 346 g/mol. The number of benzene rings is 1. The van der Waals surface area contributed by atoms with Crippen molar-refractivity contribution < 1.29 is 4.79 Å². The highest BCUT2D eigenvalue weighted by atomic mass is 32.1. The van der Waals surface area contributed by atoms with Crippen LogP contribution < -0.4 is 5.32 Å². The number of nitrogens with one attached hydrogen (secondary N) is 1. The van der Waals surface area contributed by atoms with E-state index in [0.717, 1.165) is 28.0 Å². The Morgan fingerprint density at radius 2 is 1.92 bits per heavy atom. The van der Waals surface area contributed by atoms with Crippen LogP contribution in [0.3, 0.4) is 0 Å². The summed E-state index contributed by atoms with van der Waals surface area (Å²) in [4.78, 5) is 22.0. The minimum Gasteiger partial charge on any atom is -0.298 e. The van der Waals surface area contributed by atoms with Crippen LogP contribution in [0.25, 0.3) is 22.3 Å². The summed E-state index contributed by atoms with van der Waals surface area (Å²) in [6.07, 6.45) is 0. The van der Waals surface area contributed by atoms with Crippen molar-refractivity contribution in [3.8, 4) is 11.3 Å². The maximum atomic E-state index is 13.0. The second-order valence-corrected chi connectivity index (χ2v) is 6.93. The van der Waals surface area contributed by atoms with Gasteiger partial charge >= 0.3 is 0 Å². The summed E-state index contributed by atoms with van der Waals surface area (Å²) in [5, 5.41) is 10.6. The Morgan fingerprint density at radius 3 is 2.62 bits per heavy atom. The lowest BCUT2D eigenvalue weighted by molar-refractivity contribution is 0.102. The van der Waals surface area contributed by atoms with Gasteiger partial charge in [0.25, 0.3) is 5.91 Å². The molecule has 0 radical (unpaired) electrons. The lowest BCUT2D eigenvalue weighted by Gasteiger charge is -2.08. The van der Waals surface area contributed by atoms with E-state index in [1.165, 1.54) is 11.3 Å². The topological polar surface area (TPSA) is 72.7 Å². The molecule has 7 heteroatoms. The van der Waals surface area contributed by atoms with Crippen molar-refractivity contribution in [1.29, 1.82) is 0 Å². The Kier molecular flexibility index (Phi) is 4.00. The average molecular weight is 363 g/mol. The van der Waals surface area contributed by atoms with E-state index in [1.54, 1.807) is 4.68 Å². The molecule has 0 bridgehead atoms. The van der Waals surface area contributed by atoms with Gasteiger partial charge in [-0.15, -0.1) is 11.3 Å². The number of nitrogens with zero attached hydrogens (tertiary/aromatic N) is 4. The number of thiazole rings is 1. The molecule has 0 fully saturated rings. The number of anilines is 1. The first kappa shape index (κ1) is 16.4. The molecule has 6 nitrogen and oxygen atoms in total. The van der Waals surface area contributed by atoms with Gasteiger partial charge in [0, 0.05) is 18.0 Å². The molecule has 4 rings (SSSR count). The molecule has 4 aromatic rings. The summed E-state index contributed by atoms with van der Waals surface area (Å²) in [5.74, 6) is -0.208. The van der Waals surface area contributed by atoms with E-state index in [9.17, 15) is 4.79 Å². The number of aromatic nitrogens is 4. The Balaban J connectivity index is 1.87. The summed E-state index contributed by atoms with van der Waals surface area (Å²) in [7, 11) is 1.84. The zero-order valence-electron chi connectivity index (χ0n) is 14.6. The maximum Gasteiger partial charge on any atom is 0.258 e. The van der Waals surface area contributed by atoms with Crippen LogP contribution >= 0.6 is 11.3 Å². The van der Waals surface area contributed by atoms with Gasteiger partial charge in [-0.25, -0.2) is 9.97 Å². The summed E-state index contributed by atoms with van der Waals surface area (Å²) in [5.41, 5.74) is 4.58. The van der Waals surface area contributed by atoms with Gasteiger partial charge in [0.15, 0.2) is 10.8 Å². The molecule has 0 saturated carbocycles. The van der Waals surface area contributed by atoms with Gasteiger partial charge in [-0.1, -0.05) is 30.3 Å². The summed E-state index contributed by atoms with van der Waals surface area (Å²) in [6.45, 7) is 3.78. The monoisotopic (exact) mass is 363 g/mol. The van der Waals surface area contributed by atoms with Gasteiger partial charge in [-0.2, -0.15) is 5.10 Å². The molecule has 0 aliphatic heterocycles. The fourth-order valence-corrected chi connectivity index (χ4v) is 3.64. The van der Waals surface area contributed by atoms with Crippen molar-refractivity contribution in [2.24, 2.45) is 7.05 Å². The third-order valence-corrected chi connectivity index (χ3v) is 5.00. The Morgan fingerprint density at radius 1 is 1.15 bits per heavy atom. The van der Waals surface area contributed by atoms with E-state index >= 15 is 0 Å². The summed E-state index contributed by atoms with van der Waals surface area (Å²) >= 11 is 1.41. The van der Waals surface area contributed by atoms with Crippen LogP contribution in [-0.2, 0) is 7.05 Å². The van der Waals surface area contributed by atoms with Crippen LogP contribution in [0.5, 0.6) is 0 Å². The lowest BCUT2D eigenvalue weighted by Crippen LogP contribution is -2.13. The quantitative estimate of drug-likeness (QED) is 0.598. The van der Waals surface area contributed by atoms with Crippen LogP contribution in [0.4, 0.5) is 5.13 Å². The molecule has 0 aliphatic carbocycles. The first-order valence-electron chi connectivity index (χ1n) is 8.16. The van der Waals surface area contributed by atoms with E-state index in [1.807, 2.05) is 62.7 Å². The van der Waals surface area contributed by atoms with Crippen LogP contribution in [-0.4, -0.2) is 25.7 Å². The second-order valence-electron chi connectivity index (χ2n) is 6.08. The van der Waals surface area contributed by atoms with Crippen molar-refractivity contribution in [2.75, 3.05) is 5.32 Å². The molecule has 0 saturated heterocycles. The smallest absolute Gasteiger partial charge is 0.258 e. The molecule has 0 atom stereocenters. The van der Waals surface area contributed by atoms with E-state index in [-0.39, 0.29) is 5.91 Å². The highest BCUT2D eigenvalue weighted by Gasteiger charge is 2.20. The fourth-order valence-electron chi connectivity index (χ4n) is 2.96. The van der Waals surface area contributed by atoms with Gasteiger partial charge in [-0.05, 0) is 19.9 Å². The zero-order valence-corrected chi connectivity index (χ0v) is 15.5. The Hall–Kier alpha value is -3.06. The minimum atomic E-state index is -0.208. The lowest BCUT2D eigenvalue weighted by atomic mass is 10.1. The highest BCUT2D eigenvalue weighted by Crippen LogP contribution is 2.27. The van der Waals surface area contributed by atoms with Crippen LogP contribution in [0.2, 0.25) is 0 Å². The molecule has 1 aromatic carbocycles. The summed E-state index contributed by atoms with van der Waals surface area (Å²) in [6, 6.07) is 11.6. The van der Waals surface area contributed by atoms with Crippen molar-refractivity contribution >= 4 is 33.4 Å². The zero-order chi connectivity index (χ0) is 18.3. The van der Waals surface area contributed by atoms with Gasteiger partial charge < -0.3 is 0 Å². The van der Waals surface area contributed by atoms with E-state index in [4.69, 9.17) is 4.98 Å². The van der Waals surface area contributed by atoms with Crippen molar-refractivity contribution in [3.63, 3.8) is 0 Å². The largest absolute Gasteiger partial charge is 0.298 e. The number of carbonyl (C=O) groups excluding carboxylic acids is 1. The predicted octanol–water partition coefficient (Wildman–Crippen LogP) is 3.96. The molecule has 130 valence electrons. The molecule has 3 heterocycles. The number of pyridine rings is 1. The van der Waals surface area contributed by atoms with E-state index < -0.39 is 0 Å². The van der Waals surface area contributed by atoms with E-state index in [2.05, 4.69) is 15.4 Å². The van der Waals surface area contributed by atoms with Crippen molar-refractivity contribution in [2.45, 2.75) is 13.8 Å². The third kappa shape index (κ3) is 2.86. The molecular formula is C19H17N5OS. The number of amides is 1. The highest BCUT2D eigenvalue weighted by molar-refractivity contribution is 7.13. The molecule has 0 unspecified atom stereocenters. The molecule has 1 amide bonds. The normalized spacial score (nSPS) is 11.0. The standard InChI is InChI=1S/C19H17N5OS/c1-11-10-26-19(20-11)22-18(25)14-9-15(13-7-5-4-6-8-13)21-17-16(14)12(2)23-24(17)3/h4-10H,1-3H3,(H,20,22,25). The van der Waals surface area contributed by atoms with E-state index in [0.29, 0.717) is 16.3 Å².